The van der Waals surface area contributed by atoms with Crippen molar-refractivity contribution in [1.82, 2.24) is 14.9 Å². The van der Waals surface area contributed by atoms with E-state index in [9.17, 15) is 10.1 Å². The summed E-state index contributed by atoms with van der Waals surface area (Å²) in [5.41, 5.74) is -0.0624. The Morgan fingerprint density at radius 1 is 1.17 bits per heavy atom. The van der Waals surface area contributed by atoms with Crippen LogP contribution >= 0.6 is 0 Å². The third kappa shape index (κ3) is 3.75. The minimum atomic E-state index is -0.813. The predicted octanol–water partition coefficient (Wildman–Crippen LogP) is 3.68. The van der Waals surface area contributed by atoms with Gasteiger partial charge in [-0.2, -0.15) is 5.26 Å². The van der Waals surface area contributed by atoms with Gasteiger partial charge in [-0.25, -0.2) is 4.98 Å². The minimum Gasteiger partial charge on any atom is -0.497 e. The Morgan fingerprint density at radius 3 is 2.55 bits per heavy atom. The molecule has 150 valence electrons. The van der Waals surface area contributed by atoms with Crippen molar-refractivity contribution in [1.29, 1.82) is 5.26 Å². The van der Waals surface area contributed by atoms with E-state index >= 15 is 0 Å². The number of nitriles is 1. The van der Waals surface area contributed by atoms with E-state index in [0.29, 0.717) is 37.6 Å². The quantitative estimate of drug-likeness (QED) is 0.771. The number of piperidine rings is 1. The van der Waals surface area contributed by atoms with Gasteiger partial charge in [0.2, 0.25) is 11.8 Å². The molecule has 7 heteroatoms. The summed E-state index contributed by atoms with van der Waals surface area (Å²) in [5.74, 6) is 1.85. The van der Waals surface area contributed by atoms with Crippen molar-refractivity contribution in [2.24, 2.45) is 5.41 Å². The summed E-state index contributed by atoms with van der Waals surface area (Å²) in [6.45, 7) is 1.23. The zero-order valence-electron chi connectivity index (χ0n) is 16.5. The zero-order valence-corrected chi connectivity index (χ0v) is 16.5. The molecule has 0 N–H and O–H groups in total. The van der Waals surface area contributed by atoms with Crippen LogP contribution < -0.4 is 9.47 Å². The summed E-state index contributed by atoms with van der Waals surface area (Å²) in [6.07, 6.45) is 7.31. The largest absolute Gasteiger partial charge is 0.497 e. The number of aromatic nitrogens is 2. The first kappa shape index (κ1) is 19.2. The van der Waals surface area contributed by atoms with E-state index < -0.39 is 5.41 Å². The van der Waals surface area contributed by atoms with Crippen LogP contribution in [0.4, 0.5) is 0 Å². The molecule has 0 bridgehead atoms. The van der Waals surface area contributed by atoms with Crippen LogP contribution in [0.3, 0.4) is 0 Å². The molecule has 1 aromatic heterocycles. The first-order valence-corrected chi connectivity index (χ1v) is 9.99. The molecule has 1 saturated carbocycles. The van der Waals surface area contributed by atoms with Crippen LogP contribution in [0.25, 0.3) is 0 Å². The van der Waals surface area contributed by atoms with E-state index in [1.54, 1.807) is 19.5 Å². The van der Waals surface area contributed by atoms with E-state index in [-0.39, 0.29) is 11.8 Å². The van der Waals surface area contributed by atoms with E-state index in [0.717, 1.165) is 30.7 Å². The monoisotopic (exact) mass is 392 g/mol. The van der Waals surface area contributed by atoms with E-state index in [4.69, 9.17) is 9.47 Å². The molecule has 1 atom stereocenters. The number of carbonyl (C=O) groups excluding carboxylic acids is 1. The van der Waals surface area contributed by atoms with Crippen molar-refractivity contribution in [3.63, 3.8) is 0 Å². The molecule has 1 unspecified atom stereocenters. The van der Waals surface area contributed by atoms with Gasteiger partial charge in [0.05, 0.1) is 13.2 Å². The number of likely N-dealkylation sites (tertiary alicyclic amines) is 1. The summed E-state index contributed by atoms with van der Waals surface area (Å²) in [7, 11) is 1.62. The van der Waals surface area contributed by atoms with Gasteiger partial charge in [-0.05, 0) is 56.4 Å². The molecular weight excluding hydrogens is 368 g/mol. The summed E-state index contributed by atoms with van der Waals surface area (Å²) < 4.78 is 11.2. The molecule has 1 saturated heterocycles. The van der Waals surface area contributed by atoms with Crippen LogP contribution in [0, 0.1) is 16.7 Å². The van der Waals surface area contributed by atoms with E-state index in [1.165, 1.54) is 0 Å². The first-order chi connectivity index (χ1) is 14.1. The molecule has 4 rings (SSSR count). The van der Waals surface area contributed by atoms with Crippen LogP contribution in [0.15, 0.2) is 36.7 Å². The molecule has 1 aliphatic heterocycles. The summed E-state index contributed by atoms with van der Waals surface area (Å²) in [4.78, 5) is 23.7. The number of hydrogen-bond donors (Lipinski definition) is 0. The molecule has 1 aromatic carbocycles. The normalized spacial score (nSPS) is 20.3. The smallest absolute Gasteiger partial charge is 0.243 e. The van der Waals surface area contributed by atoms with Crippen molar-refractivity contribution in [2.75, 3.05) is 20.2 Å². The van der Waals surface area contributed by atoms with Crippen molar-refractivity contribution in [3.8, 4) is 23.4 Å². The third-order valence-corrected chi connectivity index (χ3v) is 5.89. The Balaban J connectivity index is 1.52. The van der Waals surface area contributed by atoms with Crippen LogP contribution in [0.5, 0.6) is 17.4 Å². The molecular formula is C22H24N4O3. The predicted molar refractivity (Wildman–Crippen MR) is 106 cm³/mol. The van der Waals surface area contributed by atoms with Gasteiger partial charge in [0.25, 0.3) is 0 Å². The second kappa shape index (κ2) is 8.08. The van der Waals surface area contributed by atoms with Crippen LogP contribution in [-0.2, 0) is 4.79 Å². The highest BCUT2D eigenvalue weighted by Crippen LogP contribution is 2.43. The number of rotatable bonds is 5. The van der Waals surface area contributed by atoms with Crippen molar-refractivity contribution < 1.29 is 14.3 Å². The molecule has 2 aliphatic rings. The lowest BCUT2D eigenvalue weighted by Gasteiger charge is -2.41. The average Bonchev–Trinajstić information content (AvgIpc) is 2.74. The minimum absolute atomic E-state index is 0.0301. The maximum absolute atomic E-state index is 13.0. The van der Waals surface area contributed by atoms with Gasteiger partial charge >= 0.3 is 0 Å². The second-order valence-corrected chi connectivity index (χ2v) is 7.66. The Labute approximate surface area is 170 Å². The fraction of sp³-hybridized carbons (Fsp3) is 0.455. The molecule has 1 aliphatic carbocycles. The highest BCUT2D eigenvalue weighted by atomic mass is 16.5. The Kier molecular flexibility index (Phi) is 5.34. The van der Waals surface area contributed by atoms with Crippen LogP contribution in [0.2, 0.25) is 0 Å². The maximum atomic E-state index is 13.0. The number of amides is 1. The number of hydrogen-bond acceptors (Lipinski definition) is 6. The van der Waals surface area contributed by atoms with Crippen LogP contribution in [0.1, 0.15) is 43.7 Å². The van der Waals surface area contributed by atoms with Gasteiger partial charge in [-0.3, -0.25) is 9.78 Å². The van der Waals surface area contributed by atoms with Gasteiger partial charge < -0.3 is 14.4 Å². The molecule has 2 heterocycles. The molecule has 2 aromatic rings. The highest BCUT2D eigenvalue weighted by Gasteiger charge is 2.47. The molecule has 29 heavy (non-hydrogen) atoms. The Bertz CT molecular complexity index is 918. The number of ether oxygens (including phenoxy) is 2. The second-order valence-electron chi connectivity index (χ2n) is 7.66. The summed E-state index contributed by atoms with van der Waals surface area (Å²) in [5, 5.41) is 9.52. The van der Waals surface area contributed by atoms with Gasteiger partial charge in [-0.15, -0.1) is 0 Å². The van der Waals surface area contributed by atoms with E-state index in [1.807, 2.05) is 29.2 Å². The lowest BCUT2D eigenvalue weighted by atomic mass is 9.68. The number of benzene rings is 1. The Hall–Kier alpha value is -3.14. The zero-order chi connectivity index (χ0) is 20.3. The fourth-order valence-corrected chi connectivity index (χ4v) is 4.04. The van der Waals surface area contributed by atoms with Gasteiger partial charge in [-0.1, -0.05) is 0 Å². The standard InChI is InChI=1S/C22H24N4O3/c1-28-17-5-7-18(8-6-17)29-20-19(24-11-12-25-20)16-4-2-13-26(14-16)21(27)22(15-23)9-3-10-22/h5-8,11-12,16H,2-4,9-10,13-14H2,1H3. The number of methoxy groups -OCH3 is 1. The molecule has 0 spiro atoms. The van der Waals surface area contributed by atoms with E-state index in [2.05, 4.69) is 16.0 Å². The molecule has 0 radical (unpaired) electrons. The third-order valence-electron chi connectivity index (χ3n) is 5.89. The van der Waals surface area contributed by atoms with Crippen molar-refractivity contribution >= 4 is 5.91 Å². The topological polar surface area (TPSA) is 88.3 Å². The fourth-order valence-electron chi connectivity index (χ4n) is 4.04. The molecule has 2 fully saturated rings. The first-order valence-electron chi connectivity index (χ1n) is 9.99. The summed E-state index contributed by atoms with van der Waals surface area (Å²) >= 11 is 0. The number of nitrogens with zero attached hydrogens (tertiary/aromatic N) is 4. The van der Waals surface area contributed by atoms with Crippen LogP contribution in [-0.4, -0.2) is 41.0 Å². The highest BCUT2D eigenvalue weighted by molar-refractivity contribution is 5.86. The SMILES string of the molecule is COc1ccc(Oc2nccnc2C2CCCN(C(=O)C3(C#N)CCC3)C2)cc1. The lowest BCUT2D eigenvalue weighted by molar-refractivity contribution is -0.144. The molecule has 1 amide bonds. The molecule has 7 nitrogen and oxygen atoms in total. The van der Waals surface area contributed by atoms with Gasteiger partial charge in [0, 0.05) is 31.4 Å². The lowest BCUT2D eigenvalue weighted by Crippen LogP contribution is -2.50. The number of carbonyl (C=O) groups is 1. The summed E-state index contributed by atoms with van der Waals surface area (Å²) in [6, 6.07) is 9.56. The van der Waals surface area contributed by atoms with Gasteiger partial charge in [0.15, 0.2) is 0 Å². The van der Waals surface area contributed by atoms with Gasteiger partial charge in [0.1, 0.15) is 22.6 Å². The average molecular weight is 392 g/mol. The van der Waals surface area contributed by atoms with Crippen molar-refractivity contribution in [3.05, 3.63) is 42.4 Å². The Morgan fingerprint density at radius 2 is 1.90 bits per heavy atom. The van der Waals surface area contributed by atoms with Crippen molar-refractivity contribution in [2.45, 2.75) is 38.0 Å². The maximum Gasteiger partial charge on any atom is 0.243 e.